The molecule has 0 aliphatic carbocycles. The molecule has 0 spiro atoms. The van der Waals surface area contributed by atoms with Crippen LogP contribution in [0.25, 0.3) is 0 Å². The van der Waals surface area contributed by atoms with E-state index in [9.17, 15) is 10.1 Å². The molecule has 0 bridgehead atoms. The number of nitrogens with zero attached hydrogens (tertiary/aromatic N) is 2. The van der Waals surface area contributed by atoms with Crippen molar-refractivity contribution in [2.75, 3.05) is 6.54 Å². The van der Waals surface area contributed by atoms with E-state index in [1.807, 2.05) is 11.4 Å². The Hall–Kier alpha value is -2.41. The summed E-state index contributed by atoms with van der Waals surface area (Å²) in [5.74, 6) is 0.345. The molecule has 0 unspecified atom stereocenters. The van der Waals surface area contributed by atoms with E-state index in [0.29, 0.717) is 19.0 Å². The maximum atomic E-state index is 10.7. The Morgan fingerprint density at radius 3 is 2.95 bits per heavy atom. The molecule has 110 valence electrons. The van der Waals surface area contributed by atoms with Crippen molar-refractivity contribution in [1.29, 1.82) is 0 Å². The number of non-ortho nitro benzene ring substituents is 1. The van der Waals surface area contributed by atoms with E-state index < -0.39 is 4.92 Å². The molecule has 7 heteroatoms. The van der Waals surface area contributed by atoms with Crippen LogP contribution in [-0.4, -0.2) is 17.4 Å². The lowest BCUT2D eigenvalue weighted by molar-refractivity contribution is -0.384. The van der Waals surface area contributed by atoms with Crippen LogP contribution < -0.4 is 11.1 Å². The van der Waals surface area contributed by atoms with Crippen LogP contribution in [0.5, 0.6) is 0 Å². The maximum absolute atomic E-state index is 10.7. The highest BCUT2D eigenvalue weighted by molar-refractivity contribution is 7.09. The summed E-state index contributed by atoms with van der Waals surface area (Å²) in [7, 11) is 0. The molecule has 0 amide bonds. The predicted molar refractivity (Wildman–Crippen MR) is 84.4 cm³/mol. The van der Waals surface area contributed by atoms with Gasteiger partial charge < -0.3 is 11.1 Å². The number of thiophene rings is 1. The van der Waals surface area contributed by atoms with Crippen molar-refractivity contribution in [3.05, 3.63) is 62.3 Å². The molecule has 0 saturated carbocycles. The average Bonchev–Trinajstić information content (AvgIpc) is 2.99. The molecule has 0 aliphatic heterocycles. The third-order valence-electron chi connectivity index (χ3n) is 2.81. The quantitative estimate of drug-likeness (QED) is 0.370. The van der Waals surface area contributed by atoms with Crippen LogP contribution in [0.2, 0.25) is 0 Å². The van der Waals surface area contributed by atoms with E-state index in [2.05, 4.69) is 16.4 Å². The predicted octanol–water partition coefficient (Wildman–Crippen LogP) is 2.30. The van der Waals surface area contributed by atoms with E-state index in [0.717, 1.165) is 12.0 Å². The SMILES string of the molecule is NC(=NCc1cccc([N+](=O)[O-])c1)NCCc1cccs1. The van der Waals surface area contributed by atoms with Crippen LogP contribution in [0.1, 0.15) is 10.4 Å². The lowest BCUT2D eigenvalue weighted by atomic mass is 10.2. The Labute approximate surface area is 126 Å². The number of nitrogens with two attached hydrogens (primary N) is 1. The Kier molecular flexibility index (Phi) is 5.28. The van der Waals surface area contributed by atoms with Gasteiger partial charge in [-0.2, -0.15) is 0 Å². The molecule has 0 aliphatic rings. The standard InChI is InChI=1S/C14H16N4O2S/c15-14(16-7-6-13-5-2-8-21-13)17-10-11-3-1-4-12(9-11)18(19)20/h1-5,8-9H,6-7,10H2,(H3,15,16,17). The largest absolute Gasteiger partial charge is 0.370 e. The summed E-state index contributed by atoms with van der Waals surface area (Å²) in [6.07, 6.45) is 0.894. The molecule has 1 aromatic carbocycles. The number of aliphatic imine (C=N–C) groups is 1. The number of benzene rings is 1. The van der Waals surface area contributed by atoms with Crippen molar-refractivity contribution in [2.24, 2.45) is 10.7 Å². The van der Waals surface area contributed by atoms with Gasteiger partial charge in [-0.15, -0.1) is 11.3 Å². The number of hydrogen-bond donors (Lipinski definition) is 2. The Balaban J connectivity index is 1.82. The first-order valence-corrected chi connectivity index (χ1v) is 7.32. The summed E-state index contributed by atoms with van der Waals surface area (Å²) in [5, 5.41) is 15.7. The smallest absolute Gasteiger partial charge is 0.269 e. The van der Waals surface area contributed by atoms with E-state index in [4.69, 9.17) is 5.73 Å². The zero-order valence-corrected chi connectivity index (χ0v) is 12.2. The highest BCUT2D eigenvalue weighted by Crippen LogP contribution is 2.13. The van der Waals surface area contributed by atoms with Gasteiger partial charge in [0.15, 0.2) is 5.96 Å². The molecule has 0 atom stereocenters. The fourth-order valence-electron chi connectivity index (χ4n) is 1.77. The zero-order chi connectivity index (χ0) is 15.1. The minimum absolute atomic E-state index is 0.0620. The minimum Gasteiger partial charge on any atom is -0.370 e. The topological polar surface area (TPSA) is 93.5 Å². The average molecular weight is 304 g/mol. The van der Waals surface area contributed by atoms with Gasteiger partial charge in [0, 0.05) is 23.6 Å². The number of nitro groups is 1. The first-order chi connectivity index (χ1) is 10.1. The number of hydrogen-bond acceptors (Lipinski definition) is 4. The number of nitrogens with one attached hydrogen (secondary N) is 1. The molecule has 2 aromatic rings. The van der Waals surface area contributed by atoms with Crippen LogP contribution in [0.3, 0.4) is 0 Å². The van der Waals surface area contributed by atoms with Gasteiger partial charge in [-0.1, -0.05) is 18.2 Å². The van der Waals surface area contributed by atoms with Gasteiger partial charge >= 0.3 is 0 Å². The molecule has 6 nitrogen and oxygen atoms in total. The third kappa shape index (κ3) is 4.88. The van der Waals surface area contributed by atoms with Crippen molar-refractivity contribution >= 4 is 23.0 Å². The number of rotatable bonds is 6. The molecular weight excluding hydrogens is 288 g/mol. The molecule has 21 heavy (non-hydrogen) atoms. The number of nitro benzene ring substituents is 1. The van der Waals surface area contributed by atoms with Crippen molar-refractivity contribution in [2.45, 2.75) is 13.0 Å². The van der Waals surface area contributed by atoms with E-state index in [1.165, 1.54) is 17.0 Å². The Morgan fingerprint density at radius 2 is 2.24 bits per heavy atom. The lowest BCUT2D eigenvalue weighted by Gasteiger charge is -2.04. The van der Waals surface area contributed by atoms with Crippen molar-refractivity contribution in [3.8, 4) is 0 Å². The van der Waals surface area contributed by atoms with Gasteiger partial charge in [0.1, 0.15) is 0 Å². The zero-order valence-electron chi connectivity index (χ0n) is 11.4. The van der Waals surface area contributed by atoms with Crippen LogP contribution in [-0.2, 0) is 13.0 Å². The van der Waals surface area contributed by atoms with Crippen LogP contribution >= 0.6 is 11.3 Å². The first kappa shape index (κ1) is 15.0. The summed E-state index contributed by atoms with van der Waals surface area (Å²) >= 11 is 1.70. The Morgan fingerprint density at radius 1 is 1.38 bits per heavy atom. The molecule has 0 fully saturated rings. The summed E-state index contributed by atoms with van der Waals surface area (Å²) in [6.45, 7) is 1.03. The molecule has 1 heterocycles. The highest BCUT2D eigenvalue weighted by Gasteiger charge is 2.05. The van der Waals surface area contributed by atoms with Crippen LogP contribution in [0, 0.1) is 10.1 Å². The summed E-state index contributed by atoms with van der Waals surface area (Å²) in [5.41, 5.74) is 6.59. The highest BCUT2D eigenvalue weighted by atomic mass is 32.1. The normalized spacial score (nSPS) is 11.3. The minimum atomic E-state index is -0.421. The van der Waals surface area contributed by atoms with Gasteiger partial charge in [-0.05, 0) is 23.4 Å². The lowest BCUT2D eigenvalue weighted by Crippen LogP contribution is -2.33. The van der Waals surface area contributed by atoms with Gasteiger partial charge in [0.05, 0.1) is 11.5 Å². The second-order valence-corrected chi connectivity index (χ2v) is 5.42. The summed E-state index contributed by atoms with van der Waals surface area (Å²) in [6, 6.07) is 10.5. The molecule has 0 saturated heterocycles. The van der Waals surface area contributed by atoms with E-state index in [1.54, 1.807) is 23.5 Å². The van der Waals surface area contributed by atoms with Gasteiger partial charge in [-0.3, -0.25) is 10.1 Å². The Bertz CT molecular complexity index is 626. The van der Waals surface area contributed by atoms with Crippen LogP contribution in [0.4, 0.5) is 5.69 Å². The molecule has 0 radical (unpaired) electrons. The second-order valence-electron chi connectivity index (χ2n) is 4.38. The second kappa shape index (κ2) is 7.39. The molecule has 2 rings (SSSR count). The molecule has 1 aromatic heterocycles. The van der Waals surface area contributed by atoms with Crippen LogP contribution in [0.15, 0.2) is 46.8 Å². The number of guanidine groups is 1. The monoisotopic (exact) mass is 304 g/mol. The first-order valence-electron chi connectivity index (χ1n) is 6.44. The van der Waals surface area contributed by atoms with Gasteiger partial charge in [-0.25, -0.2) is 4.99 Å². The summed E-state index contributed by atoms with van der Waals surface area (Å²) < 4.78 is 0. The third-order valence-corrected chi connectivity index (χ3v) is 3.75. The molecule has 3 N–H and O–H groups in total. The summed E-state index contributed by atoms with van der Waals surface area (Å²) in [4.78, 5) is 15.7. The van der Waals surface area contributed by atoms with Gasteiger partial charge in [0.25, 0.3) is 5.69 Å². The van der Waals surface area contributed by atoms with E-state index in [-0.39, 0.29) is 5.69 Å². The fourth-order valence-corrected chi connectivity index (χ4v) is 2.48. The van der Waals surface area contributed by atoms with E-state index >= 15 is 0 Å². The van der Waals surface area contributed by atoms with Crippen molar-refractivity contribution < 1.29 is 4.92 Å². The van der Waals surface area contributed by atoms with Gasteiger partial charge in [0.2, 0.25) is 0 Å². The fraction of sp³-hybridized carbons (Fsp3) is 0.214. The van der Waals surface area contributed by atoms with Crippen molar-refractivity contribution in [1.82, 2.24) is 5.32 Å². The molecular formula is C14H16N4O2S. The maximum Gasteiger partial charge on any atom is 0.269 e. The van der Waals surface area contributed by atoms with Crippen molar-refractivity contribution in [3.63, 3.8) is 0 Å².